The van der Waals surface area contributed by atoms with Crippen LogP contribution in [0.1, 0.15) is 28.5 Å². The Morgan fingerprint density at radius 2 is 1.61 bits per heavy atom. The van der Waals surface area contributed by atoms with E-state index in [4.69, 9.17) is 27.9 Å². The Bertz CT molecular complexity index is 1360. The molecular formula is C25H27Cl2F3N4O3S. The first-order chi connectivity index (χ1) is 17.9. The number of hydrogen-bond acceptors (Lipinski definition) is 5. The molecule has 0 radical (unpaired) electrons. The smallest absolute Gasteiger partial charge is 0.368 e. The number of ether oxygens (including phenoxy) is 1. The third-order valence-corrected chi connectivity index (χ3v) is 9.27. The van der Waals surface area contributed by atoms with E-state index in [2.05, 4.69) is 10.00 Å². The fraction of sp³-hybridized carbons (Fsp3) is 0.400. The lowest BCUT2D eigenvalue weighted by Crippen LogP contribution is -2.49. The van der Waals surface area contributed by atoms with E-state index in [0.29, 0.717) is 35.9 Å². The van der Waals surface area contributed by atoms with Gasteiger partial charge in [-0.05, 0) is 42.3 Å². The number of piperazine rings is 1. The van der Waals surface area contributed by atoms with E-state index < -0.39 is 27.9 Å². The van der Waals surface area contributed by atoms with Crippen molar-refractivity contribution < 1.29 is 26.3 Å². The zero-order valence-corrected chi connectivity index (χ0v) is 23.1. The number of rotatable bonds is 8. The van der Waals surface area contributed by atoms with Crippen molar-refractivity contribution in [1.29, 1.82) is 0 Å². The Hall–Kier alpha value is -2.15. The van der Waals surface area contributed by atoms with Crippen molar-refractivity contribution in [3.63, 3.8) is 0 Å². The number of halogens is 5. The van der Waals surface area contributed by atoms with Gasteiger partial charge in [0.1, 0.15) is 10.0 Å². The number of sulfonamides is 1. The molecule has 38 heavy (non-hydrogen) atoms. The second-order valence-corrected chi connectivity index (χ2v) is 11.7. The molecule has 206 valence electrons. The van der Waals surface area contributed by atoms with E-state index in [1.807, 2.05) is 12.1 Å². The number of hydrogen-bond donors (Lipinski definition) is 0. The highest BCUT2D eigenvalue weighted by Gasteiger charge is 2.34. The highest BCUT2D eigenvalue weighted by atomic mass is 35.5. The summed E-state index contributed by atoms with van der Waals surface area (Å²) >= 11 is 12.3. The fourth-order valence-electron chi connectivity index (χ4n) is 4.34. The molecule has 0 unspecified atom stereocenters. The van der Waals surface area contributed by atoms with Crippen molar-refractivity contribution in [2.45, 2.75) is 30.7 Å². The van der Waals surface area contributed by atoms with Crippen LogP contribution in [0.5, 0.6) is 0 Å². The van der Waals surface area contributed by atoms with E-state index in [9.17, 15) is 21.6 Å². The van der Waals surface area contributed by atoms with Crippen LogP contribution in [0, 0.1) is 6.92 Å². The summed E-state index contributed by atoms with van der Waals surface area (Å²) in [4.78, 5) is 2.12. The lowest BCUT2D eigenvalue weighted by Gasteiger charge is -2.35. The zero-order chi connectivity index (χ0) is 27.7. The fourth-order valence-corrected chi connectivity index (χ4v) is 6.59. The van der Waals surface area contributed by atoms with Gasteiger partial charge < -0.3 is 4.74 Å². The third kappa shape index (κ3) is 6.52. The molecule has 2 aromatic carbocycles. The van der Waals surface area contributed by atoms with Gasteiger partial charge >= 0.3 is 6.18 Å². The molecule has 0 bridgehead atoms. The van der Waals surface area contributed by atoms with Crippen LogP contribution in [0.25, 0.3) is 0 Å². The van der Waals surface area contributed by atoms with Crippen molar-refractivity contribution in [3.8, 4) is 0 Å². The summed E-state index contributed by atoms with van der Waals surface area (Å²) in [6, 6.07) is 12.0. The highest BCUT2D eigenvalue weighted by Crippen LogP contribution is 2.31. The summed E-state index contributed by atoms with van der Waals surface area (Å²) in [6.45, 7) is 3.63. The maximum absolute atomic E-state index is 13.2. The zero-order valence-electron chi connectivity index (χ0n) is 20.8. The van der Waals surface area contributed by atoms with Crippen LogP contribution >= 0.6 is 23.2 Å². The van der Waals surface area contributed by atoms with Crippen LogP contribution in [0.4, 0.5) is 13.2 Å². The molecule has 7 nitrogen and oxygen atoms in total. The van der Waals surface area contributed by atoms with Gasteiger partial charge in [0, 0.05) is 44.8 Å². The molecule has 13 heteroatoms. The van der Waals surface area contributed by atoms with Crippen LogP contribution < -0.4 is 0 Å². The van der Waals surface area contributed by atoms with Gasteiger partial charge in [0.15, 0.2) is 0 Å². The van der Waals surface area contributed by atoms with E-state index in [1.54, 1.807) is 26.1 Å². The first kappa shape index (κ1) is 28.8. The van der Waals surface area contributed by atoms with E-state index in [1.165, 1.54) is 21.1 Å². The lowest BCUT2D eigenvalue weighted by atomic mass is 10.1. The minimum absolute atomic E-state index is 0.0223. The predicted molar refractivity (Wildman–Crippen MR) is 139 cm³/mol. The molecule has 0 N–H and O–H groups in total. The topological polar surface area (TPSA) is 67.7 Å². The van der Waals surface area contributed by atoms with Crippen LogP contribution in [-0.4, -0.2) is 60.1 Å². The number of aromatic nitrogens is 2. The van der Waals surface area contributed by atoms with Gasteiger partial charge in [0.05, 0.1) is 24.0 Å². The van der Waals surface area contributed by atoms with Crippen LogP contribution in [-0.2, 0) is 34.6 Å². The Morgan fingerprint density at radius 1 is 1.00 bits per heavy atom. The SMILES string of the molecule is Cc1nn(C)c(Cl)c1S(=O)(=O)N1CCN(C[C@H](OCc2ccc(C(F)(F)F)cc2)c2ccc(Cl)cc2)CC1. The standard InChI is InChI=1S/C25H27Cl2F3N4O3S/c1-17-23(24(27)32(2)31-17)38(35,36)34-13-11-33(12-14-34)15-22(19-5-9-21(26)10-6-19)37-16-18-3-7-20(8-4-18)25(28,29)30/h3-10,22H,11-16H2,1-2H3/t22-/m0/s1. The van der Waals surface area contributed by atoms with Crippen molar-refractivity contribution in [2.75, 3.05) is 32.7 Å². The second-order valence-electron chi connectivity index (χ2n) is 9.08. The van der Waals surface area contributed by atoms with Gasteiger partial charge in [0.25, 0.3) is 0 Å². The highest BCUT2D eigenvalue weighted by molar-refractivity contribution is 7.89. The normalized spacial score (nSPS) is 16.6. The van der Waals surface area contributed by atoms with E-state index in [-0.39, 0.29) is 29.7 Å². The van der Waals surface area contributed by atoms with Crippen molar-refractivity contribution >= 4 is 33.2 Å². The molecule has 0 spiro atoms. The summed E-state index contributed by atoms with van der Waals surface area (Å²) in [5.41, 5.74) is 1.09. The average molecular weight is 591 g/mol. The quantitative estimate of drug-likeness (QED) is 0.355. The monoisotopic (exact) mass is 590 g/mol. The first-order valence-electron chi connectivity index (χ1n) is 11.8. The van der Waals surface area contributed by atoms with E-state index >= 15 is 0 Å². The molecule has 1 atom stereocenters. The molecule has 1 saturated heterocycles. The Balaban J connectivity index is 1.43. The minimum atomic E-state index is -4.40. The number of benzene rings is 2. The van der Waals surface area contributed by atoms with Crippen molar-refractivity contribution in [3.05, 3.63) is 81.1 Å². The van der Waals surface area contributed by atoms with Gasteiger partial charge in [-0.25, -0.2) is 8.42 Å². The van der Waals surface area contributed by atoms with Crippen molar-refractivity contribution in [2.24, 2.45) is 7.05 Å². The second kappa shape index (κ2) is 11.5. The summed E-state index contributed by atoms with van der Waals surface area (Å²) in [6.07, 6.45) is -4.81. The molecule has 2 heterocycles. The maximum Gasteiger partial charge on any atom is 0.416 e. The number of alkyl halides is 3. The molecule has 4 rings (SSSR count). The molecule has 1 fully saturated rings. The summed E-state index contributed by atoms with van der Waals surface area (Å²) in [5.74, 6) is 0. The molecule has 0 aliphatic carbocycles. The molecule has 1 aliphatic heterocycles. The van der Waals surface area contributed by atoms with Gasteiger partial charge in [-0.2, -0.15) is 22.6 Å². The molecule has 1 aliphatic rings. The summed E-state index contributed by atoms with van der Waals surface area (Å²) in [7, 11) is -2.22. The molecule has 3 aromatic rings. The predicted octanol–water partition coefficient (Wildman–Crippen LogP) is 5.32. The van der Waals surface area contributed by atoms with Crippen LogP contribution in [0.3, 0.4) is 0 Å². The van der Waals surface area contributed by atoms with Crippen molar-refractivity contribution in [1.82, 2.24) is 19.0 Å². The van der Waals surface area contributed by atoms with Gasteiger partial charge in [-0.15, -0.1) is 0 Å². The molecule has 0 saturated carbocycles. The van der Waals surface area contributed by atoms with Gasteiger partial charge in [-0.3, -0.25) is 9.58 Å². The summed E-state index contributed by atoms with van der Waals surface area (Å²) < 4.78 is 74.0. The Morgan fingerprint density at radius 3 is 2.13 bits per heavy atom. The average Bonchev–Trinajstić information content (AvgIpc) is 3.13. The van der Waals surface area contributed by atoms with Gasteiger partial charge in [-0.1, -0.05) is 47.5 Å². The first-order valence-corrected chi connectivity index (χ1v) is 14.0. The Kier molecular flexibility index (Phi) is 8.75. The maximum atomic E-state index is 13.2. The van der Waals surface area contributed by atoms with Gasteiger partial charge in [0.2, 0.25) is 10.0 Å². The molecule has 1 aromatic heterocycles. The largest absolute Gasteiger partial charge is 0.416 e. The molecular weight excluding hydrogens is 564 g/mol. The minimum Gasteiger partial charge on any atom is -0.368 e. The lowest BCUT2D eigenvalue weighted by molar-refractivity contribution is -0.137. The van der Waals surface area contributed by atoms with Crippen LogP contribution in [0.2, 0.25) is 10.2 Å². The number of nitrogens with zero attached hydrogens (tertiary/aromatic N) is 4. The Labute approximate surface area is 229 Å². The molecule has 0 amide bonds. The summed E-state index contributed by atoms with van der Waals surface area (Å²) in [5, 5.41) is 4.76. The third-order valence-electron chi connectivity index (χ3n) is 6.43. The number of aryl methyl sites for hydroxylation is 2. The van der Waals surface area contributed by atoms with E-state index in [0.717, 1.165) is 17.7 Å². The van der Waals surface area contributed by atoms with Crippen LogP contribution in [0.15, 0.2) is 53.4 Å².